The van der Waals surface area contributed by atoms with Gasteiger partial charge in [-0.25, -0.2) is 4.98 Å². The first-order valence-corrected chi connectivity index (χ1v) is 7.73. The lowest BCUT2D eigenvalue weighted by Crippen LogP contribution is -2.14. The Morgan fingerprint density at radius 2 is 1.89 bits per heavy atom. The molecular formula is C15H19NOS2. The van der Waals surface area contributed by atoms with Gasteiger partial charge in [0.25, 0.3) is 0 Å². The van der Waals surface area contributed by atoms with Crippen molar-refractivity contribution in [2.24, 2.45) is 0 Å². The fourth-order valence-corrected chi connectivity index (χ4v) is 3.21. The minimum absolute atomic E-state index is 0.0551. The van der Waals surface area contributed by atoms with Gasteiger partial charge in [-0.1, -0.05) is 39.0 Å². The average molecular weight is 293 g/mol. The molecule has 0 fully saturated rings. The molecule has 0 spiro atoms. The Balaban J connectivity index is 2.12. The minimum atomic E-state index is 0.0551. The number of para-hydroxylation sites is 1. The lowest BCUT2D eigenvalue weighted by atomic mass is 9.91. The second-order valence-corrected chi connectivity index (χ2v) is 6.87. The van der Waals surface area contributed by atoms with E-state index in [9.17, 15) is 0 Å². The maximum atomic E-state index is 5.74. The van der Waals surface area contributed by atoms with E-state index in [1.165, 1.54) is 4.88 Å². The largest absolute Gasteiger partial charge is 0.486 e. The van der Waals surface area contributed by atoms with Crippen LogP contribution in [0, 0.1) is 0 Å². The van der Waals surface area contributed by atoms with E-state index >= 15 is 0 Å². The zero-order chi connectivity index (χ0) is 13.9. The van der Waals surface area contributed by atoms with Gasteiger partial charge in [0, 0.05) is 16.0 Å². The molecule has 0 saturated carbocycles. The molecule has 1 aromatic heterocycles. The van der Waals surface area contributed by atoms with Crippen LogP contribution in [-0.4, -0.2) is 4.98 Å². The zero-order valence-corrected chi connectivity index (χ0v) is 13.2. The first-order valence-electron chi connectivity index (χ1n) is 6.28. The smallest absolute Gasteiger partial charge is 0.140 e. The van der Waals surface area contributed by atoms with Gasteiger partial charge in [0.1, 0.15) is 17.4 Å². The van der Waals surface area contributed by atoms with E-state index in [0.717, 1.165) is 22.2 Å². The van der Waals surface area contributed by atoms with Crippen molar-refractivity contribution in [3.63, 3.8) is 0 Å². The second kappa shape index (κ2) is 5.97. The van der Waals surface area contributed by atoms with Gasteiger partial charge < -0.3 is 4.74 Å². The van der Waals surface area contributed by atoms with Gasteiger partial charge in [0.2, 0.25) is 0 Å². The number of hydrogen-bond acceptors (Lipinski definition) is 4. The van der Waals surface area contributed by atoms with Crippen molar-refractivity contribution in [3.05, 3.63) is 45.9 Å². The van der Waals surface area contributed by atoms with E-state index < -0.39 is 0 Å². The number of aromatic nitrogens is 1. The highest BCUT2D eigenvalue weighted by molar-refractivity contribution is 7.79. The second-order valence-electron chi connectivity index (χ2n) is 5.39. The van der Waals surface area contributed by atoms with Gasteiger partial charge in [-0.3, -0.25) is 0 Å². The summed E-state index contributed by atoms with van der Waals surface area (Å²) in [6, 6.07) is 9.83. The monoisotopic (exact) mass is 293 g/mol. The van der Waals surface area contributed by atoms with E-state index in [1.807, 2.05) is 30.3 Å². The molecule has 2 nitrogen and oxygen atoms in total. The normalized spacial score (nSPS) is 11.6. The predicted octanol–water partition coefficient (Wildman–Crippen LogP) is 4.45. The van der Waals surface area contributed by atoms with Crippen molar-refractivity contribution in [1.82, 2.24) is 4.98 Å². The molecule has 0 saturated heterocycles. The maximum absolute atomic E-state index is 5.74. The average Bonchev–Trinajstić information content (AvgIpc) is 2.81. The third-order valence-electron chi connectivity index (χ3n) is 2.70. The summed E-state index contributed by atoms with van der Waals surface area (Å²) < 4.78 is 5.74. The van der Waals surface area contributed by atoms with Crippen LogP contribution >= 0.6 is 24.0 Å². The number of ether oxygens (including phenoxy) is 1. The molecule has 2 rings (SSSR count). The van der Waals surface area contributed by atoms with Crippen LogP contribution < -0.4 is 4.74 Å². The van der Waals surface area contributed by atoms with Crippen LogP contribution in [0.3, 0.4) is 0 Å². The van der Waals surface area contributed by atoms with Crippen LogP contribution in [0.15, 0.2) is 30.3 Å². The number of hydrogen-bond donors (Lipinski definition) is 1. The molecule has 0 aliphatic carbocycles. The molecule has 0 aliphatic rings. The third-order valence-corrected chi connectivity index (χ3v) is 4.26. The first kappa shape index (κ1) is 14.4. The molecule has 2 aromatic rings. The van der Waals surface area contributed by atoms with Gasteiger partial charge in [-0.05, 0) is 12.1 Å². The van der Waals surface area contributed by atoms with Crippen molar-refractivity contribution >= 4 is 24.0 Å². The summed E-state index contributed by atoms with van der Waals surface area (Å²) in [6.07, 6.45) is 0. The number of rotatable bonds is 4. The molecule has 1 aromatic carbocycles. The summed E-state index contributed by atoms with van der Waals surface area (Å²) in [5, 5.41) is 1.01. The van der Waals surface area contributed by atoms with Crippen molar-refractivity contribution in [2.75, 3.05) is 0 Å². The summed E-state index contributed by atoms with van der Waals surface area (Å²) >= 11 is 6.09. The molecule has 4 heteroatoms. The number of benzene rings is 1. The fraction of sp³-hybridized carbons (Fsp3) is 0.400. The summed E-state index contributed by atoms with van der Waals surface area (Å²) in [6.45, 7) is 7.05. The number of nitrogens with zero attached hydrogens (tertiary/aromatic N) is 1. The van der Waals surface area contributed by atoms with E-state index in [4.69, 9.17) is 9.72 Å². The van der Waals surface area contributed by atoms with Gasteiger partial charge in [0.15, 0.2) is 0 Å². The fourth-order valence-electron chi connectivity index (χ4n) is 1.82. The summed E-state index contributed by atoms with van der Waals surface area (Å²) in [5.41, 5.74) is 1.19. The van der Waals surface area contributed by atoms with Crippen LogP contribution in [0.5, 0.6) is 5.75 Å². The Bertz CT molecular complexity index is 529. The quantitative estimate of drug-likeness (QED) is 0.841. The van der Waals surface area contributed by atoms with Gasteiger partial charge in [-0.15, -0.1) is 11.3 Å². The van der Waals surface area contributed by atoms with Gasteiger partial charge in [-0.2, -0.15) is 12.6 Å². The predicted molar refractivity (Wildman–Crippen MR) is 84.3 cm³/mol. The molecule has 0 atom stereocenters. The Kier molecular flexibility index (Phi) is 4.53. The molecule has 0 aliphatic heterocycles. The van der Waals surface area contributed by atoms with Crippen LogP contribution in [0.1, 0.15) is 36.3 Å². The van der Waals surface area contributed by atoms with Crippen LogP contribution in [-0.2, 0) is 17.8 Å². The Morgan fingerprint density at radius 3 is 2.42 bits per heavy atom. The highest BCUT2D eigenvalue weighted by Gasteiger charge is 2.22. The molecule has 102 valence electrons. The van der Waals surface area contributed by atoms with Crippen molar-refractivity contribution in [3.8, 4) is 5.75 Å². The lowest BCUT2D eigenvalue weighted by Gasteiger charge is -2.16. The zero-order valence-electron chi connectivity index (χ0n) is 11.5. The Hall–Kier alpha value is -1.00. The van der Waals surface area contributed by atoms with Gasteiger partial charge >= 0.3 is 0 Å². The molecular weight excluding hydrogens is 274 g/mol. The number of thiazole rings is 1. The standard InChI is InChI=1S/C15H19NOS2/c1-15(2,3)14-12(10-18)19-13(16-14)9-17-11-7-5-4-6-8-11/h4-8,18H,9-10H2,1-3H3. The molecule has 0 N–H and O–H groups in total. The van der Waals surface area contributed by atoms with Crippen molar-refractivity contribution < 1.29 is 4.74 Å². The van der Waals surface area contributed by atoms with E-state index in [0.29, 0.717) is 6.61 Å². The topological polar surface area (TPSA) is 22.1 Å². The Labute approximate surface area is 124 Å². The number of thiol groups is 1. The van der Waals surface area contributed by atoms with Crippen LogP contribution in [0.4, 0.5) is 0 Å². The van der Waals surface area contributed by atoms with E-state index in [2.05, 4.69) is 33.4 Å². The highest BCUT2D eigenvalue weighted by atomic mass is 32.1. The highest BCUT2D eigenvalue weighted by Crippen LogP contribution is 2.31. The van der Waals surface area contributed by atoms with Gasteiger partial charge in [0.05, 0.1) is 5.69 Å². The molecule has 0 bridgehead atoms. The lowest BCUT2D eigenvalue weighted by molar-refractivity contribution is 0.305. The summed E-state index contributed by atoms with van der Waals surface area (Å²) in [5.74, 6) is 1.61. The van der Waals surface area contributed by atoms with Crippen molar-refractivity contribution in [1.29, 1.82) is 0 Å². The minimum Gasteiger partial charge on any atom is -0.486 e. The third kappa shape index (κ3) is 3.74. The molecule has 19 heavy (non-hydrogen) atoms. The molecule has 1 heterocycles. The molecule has 0 unspecified atom stereocenters. The SMILES string of the molecule is CC(C)(C)c1nc(COc2ccccc2)sc1CS. The summed E-state index contributed by atoms with van der Waals surface area (Å²) in [7, 11) is 0. The Morgan fingerprint density at radius 1 is 1.21 bits per heavy atom. The first-order chi connectivity index (χ1) is 9.00. The summed E-state index contributed by atoms with van der Waals surface area (Å²) in [4.78, 5) is 5.95. The van der Waals surface area contributed by atoms with E-state index in [-0.39, 0.29) is 5.41 Å². The van der Waals surface area contributed by atoms with Crippen molar-refractivity contribution in [2.45, 2.75) is 38.5 Å². The van der Waals surface area contributed by atoms with Crippen LogP contribution in [0.25, 0.3) is 0 Å². The maximum Gasteiger partial charge on any atom is 0.140 e. The van der Waals surface area contributed by atoms with Crippen LogP contribution in [0.2, 0.25) is 0 Å². The molecule has 0 radical (unpaired) electrons. The molecule has 0 amide bonds. The van der Waals surface area contributed by atoms with E-state index in [1.54, 1.807) is 11.3 Å².